The van der Waals surface area contributed by atoms with Crippen molar-refractivity contribution in [2.75, 3.05) is 7.11 Å². The highest BCUT2D eigenvalue weighted by molar-refractivity contribution is 5.82. The molecule has 0 bridgehead atoms. The molecule has 0 fully saturated rings. The number of nitrogens with one attached hydrogen (secondary N) is 1. The van der Waals surface area contributed by atoms with Crippen molar-refractivity contribution in [1.29, 1.82) is 0 Å². The van der Waals surface area contributed by atoms with Crippen LogP contribution in [0.5, 0.6) is 5.75 Å². The van der Waals surface area contributed by atoms with Gasteiger partial charge in [0.25, 0.3) is 5.56 Å². The minimum atomic E-state index is -0.490. The average Bonchev–Trinajstić information content (AvgIpc) is 2.25. The highest BCUT2D eigenvalue weighted by atomic mass is 16.5. The van der Waals surface area contributed by atoms with Crippen molar-refractivity contribution in [3.63, 3.8) is 0 Å². The van der Waals surface area contributed by atoms with Crippen molar-refractivity contribution >= 4 is 11.0 Å². The van der Waals surface area contributed by atoms with E-state index in [-0.39, 0.29) is 0 Å². The normalized spacial score (nSPS) is 10.7. The maximum absolute atomic E-state index is 11.7. The first-order chi connectivity index (χ1) is 7.56. The van der Waals surface area contributed by atoms with E-state index in [2.05, 4.69) is 9.97 Å². The van der Waals surface area contributed by atoms with E-state index in [0.717, 1.165) is 5.56 Å². The fourth-order valence-electron chi connectivity index (χ4n) is 1.64. The van der Waals surface area contributed by atoms with Gasteiger partial charge >= 0.3 is 5.69 Å². The van der Waals surface area contributed by atoms with Gasteiger partial charge in [-0.05, 0) is 6.92 Å². The molecule has 0 spiro atoms. The first kappa shape index (κ1) is 10.4. The zero-order chi connectivity index (χ0) is 11.9. The molecule has 0 radical (unpaired) electrons. The summed E-state index contributed by atoms with van der Waals surface area (Å²) in [5.41, 5.74) is 0.0948. The first-order valence-corrected chi connectivity index (χ1v) is 4.69. The minimum Gasteiger partial charge on any atom is -0.495 e. The molecular weight excluding hydrogens is 210 g/mol. The van der Waals surface area contributed by atoms with Crippen LogP contribution in [0.1, 0.15) is 5.56 Å². The molecule has 0 atom stereocenters. The molecule has 6 heteroatoms. The lowest BCUT2D eigenvalue weighted by molar-refractivity contribution is 0.415. The average molecular weight is 221 g/mol. The number of hydrogen-bond acceptors (Lipinski definition) is 4. The SMILES string of the molecule is COc1c(C)cnc2c1c(=O)[nH]c(=O)n2C. The fraction of sp³-hybridized carbons (Fsp3) is 0.300. The first-order valence-electron chi connectivity index (χ1n) is 4.69. The summed E-state index contributed by atoms with van der Waals surface area (Å²) in [4.78, 5) is 29.3. The van der Waals surface area contributed by atoms with Crippen LogP contribution in [0.3, 0.4) is 0 Å². The number of aromatic nitrogens is 3. The van der Waals surface area contributed by atoms with Crippen LogP contribution in [0, 0.1) is 6.92 Å². The number of methoxy groups -OCH3 is 1. The molecule has 2 aromatic heterocycles. The Kier molecular flexibility index (Phi) is 2.26. The maximum Gasteiger partial charge on any atom is 0.329 e. The zero-order valence-corrected chi connectivity index (χ0v) is 9.20. The molecular formula is C10H11N3O3. The molecule has 0 aromatic carbocycles. The van der Waals surface area contributed by atoms with Crippen molar-refractivity contribution in [3.05, 3.63) is 32.6 Å². The smallest absolute Gasteiger partial charge is 0.329 e. The lowest BCUT2D eigenvalue weighted by Gasteiger charge is -2.08. The van der Waals surface area contributed by atoms with Gasteiger partial charge in [-0.3, -0.25) is 14.3 Å². The van der Waals surface area contributed by atoms with Gasteiger partial charge in [0.1, 0.15) is 11.1 Å². The van der Waals surface area contributed by atoms with Gasteiger partial charge < -0.3 is 4.74 Å². The van der Waals surface area contributed by atoms with Gasteiger partial charge in [-0.1, -0.05) is 0 Å². The van der Waals surface area contributed by atoms with E-state index in [0.29, 0.717) is 16.8 Å². The molecule has 0 saturated heterocycles. The standard InChI is InChI=1S/C10H11N3O3/c1-5-4-11-8-6(7(5)16-3)9(14)12-10(15)13(8)2/h4H,1-3H3,(H,12,14,15). The van der Waals surface area contributed by atoms with Crippen molar-refractivity contribution in [1.82, 2.24) is 14.5 Å². The minimum absolute atomic E-state index is 0.296. The summed E-state index contributed by atoms with van der Waals surface area (Å²) in [6.45, 7) is 1.79. The number of H-pyrrole nitrogens is 1. The molecule has 2 aromatic rings. The summed E-state index contributed by atoms with van der Waals surface area (Å²) < 4.78 is 6.44. The van der Waals surface area contributed by atoms with Gasteiger partial charge in [0.2, 0.25) is 0 Å². The summed E-state index contributed by atoms with van der Waals surface area (Å²) in [5, 5.41) is 0.296. The Morgan fingerprint density at radius 2 is 2.12 bits per heavy atom. The molecule has 2 rings (SSSR count). The van der Waals surface area contributed by atoms with Crippen molar-refractivity contribution < 1.29 is 4.74 Å². The van der Waals surface area contributed by atoms with Crippen LogP contribution in [0.15, 0.2) is 15.8 Å². The van der Waals surface area contributed by atoms with E-state index < -0.39 is 11.2 Å². The van der Waals surface area contributed by atoms with Crippen molar-refractivity contribution in [2.45, 2.75) is 6.92 Å². The predicted octanol–water partition coefficient (Wildman–Crippen LogP) is -0.0612. The number of nitrogens with zero attached hydrogens (tertiary/aromatic N) is 2. The second-order valence-corrected chi connectivity index (χ2v) is 3.49. The monoisotopic (exact) mass is 221 g/mol. The van der Waals surface area contributed by atoms with Crippen molar-refractivity contribution in [2.24, 2.45) is 7.05 Å². The highest BCUT2D eigenvalue weighted by Crippen LogP contribution is 2.22. The second-order valence-electron chi connectivity index (χ2n) is 3.49. The van der Waals surface area contributed by atoms with Crippen LogP contribution in [0.25, 0.3) is 11.0 Å². The van der Waals surface area contributed by atoms with Crippen LogP contribution in [-0.2, 0) is 7.05 Å². The summed E-state index contributed by atoms with van der Waals surface area (Å²) in [6.07, 6.45) is 1.57. The molecule has 0 saturated carbocycles. The van der Waals surface area contributed by atoms with Gasteiger partial charge in [-0.15, -0.1) is 0 Å². The number of hydrogen-bond donors (Lipinski definition) is 1. The zero-order valence-electron chi connectivity index (χ0n) is 9.20. The molecule has 1 N–H and O–H groups in total. The van der Waals surface area contributed by atoms with Gasteiger partial charge in [-0.25, -0.2) is 9.78 Å². The Labute approximate surface area is 90.5 Å². The summed E-state index contributed by atoms with van der Waals surface area (Å²) >= 11 is 0. The molecule has 0 aliphatic heterocycles. The summed E-state index contributed by atoms with van der Waals surface area (Å²) in [7, 11) is 3.02. The molecule has 6 nitrogen and oxygen atoms in total. The Bertz CT molecular complexity index is 669. The maximum atomic E-state index is 11.7. The number of aryl methyl sites for hydroxylation is 2. The van der Waals surface area contributed by atoms with Crippen LogP contribution >= 0.6 is 0 Å². The second kappa shape index (κ2) is 3.48. The number of pyridine rings is 1. The molecule has 2 heterocycles. The lowest BCUT2D eigenvalue weighted by atomic mass is 10.2. The lowest BCUT2D eigenvalue weighted by Crippen LogP contribution is -2.29. The van der Waals surface area contributed by atoms with Crippen LogP contribution in [-0.4, -0.2) is 21.6 Å². The molecule has 16 heavy (non-hydrogen) atoms. The van der Waals surface area contributed by atoms with Gasteiger partial charge in [-0.2, -0.15) is 0 Å². The van der Waals surface area contributed by atoms with E-state index in [9.17, 15) is 9.59 Å². The highest BCUT2D eigenvalue weighted by Gasteiger charge is 2.13. The van der Waals surface area contributed by atoms with Crippen LogP contribution in [0.2, 0.25) is 0 Å². The Morgan fingerprint density at radius 1 is 1.44 bits per heavy atom. The van der Waals surface area contributed by atoms with Crippen LogP contribution < -0.4 is 16.0 Å². The van der Waals surface area contributed by atoms with E-state index in [1.165, 1.54) is 11.7 Å². The van der Waals surface area contributed by atoms with Gasteiger partial charge in [0, 0.05) is 18.8 Å². The third kappa shape index (κ3) is 1.30. The summed E-state index contributed by atoms with van der Waals surface area (Å²) in [5.74, 6) is 0.446. The molecule has 0 amide bonds. The van der Waals surface area contributed by atoms with E-state index in [1.54, 1.807) is 20.2 Å². The summed E-state index contributed by atoms with van der Waals surface area (Å²) in [6, 6.07) is 0. The van der Waals surface area contributed by atoms with Gasteiger partial charge in [0.05, 0.1) is 7.11 Å². The van der Waals surface area contributed by atoms with E-state index in [1.807, 2.05) is 0 Å². The van der Waals surface area contributed by atoms with E-state index >= 15 is 0 Å². The van der Waals surface area contributed by atoms with E-state index in [4.69, 9.17) is 4.74 Å². The molecule has 0 aliphatic rings. The Morgan fingerprint density at radius 3 is 2.75 bits per heavy atom. The third-order valence-corrected chi connectivity index (χ3v) is 2.46. The predicted molar refractivity (Wildman–Crippen MR) is 58.9 cm³/mol. The third-order valence-electron chi connectivity index (χ3n) is 2.46. The quantitative estimate of drug-likeness (QED) is 0.731. The van der Waals surface area contributed by atoms with Crippen LogP contribution in [0.4, 0.5) is 0 Å². The number of aromatic amines is 1. The fourth-order valence-corrected chi connectivity index (χ4v) is 1.64. The number of rotatable bonds is 1. The number of fused-ring (bicyclic) bond motifs is 1. The van der Waals surface area contributed by atoms with Crippen molar-refractivity contribution in [3.8, 4) is 5.75 Å². The Hall–Kier alpha value is -2.11. The van der Waals surface area contributed by atoms with Gasteiger partial charge in [0.15, 0.2) is 5.65 Å². The number of ether oxygens (including phenoxy) is 1. The Balaban J connectivity index is 3.12. The topological polar surface area (TPSA) is 77.0 Å². The molecule has 84 valence electrons. The molecule has 0 unspecified atom stereocenters. The largest absolute Gasteiger partial charge is 0.495 e. The molecule has 0 aliphatic carbocycles.